The van der Waals surface area contributed by atoms with Crippen LogP contribution in [-0.4, -0.2) is 11.4 Å². The van der Waals surface area contributed by atoms with Gasteiger partial charge in [-0.2, -0.15) is 0 Å². The molecule has 2 rings (SSSR count). The first-order valence-electron chi connectivity index (χ1n) is 21.3. The maximum atomic E-state index is 5.08. The molecule has 284 valence electrons. The molecule has 0 aliphatic carbocycles. The van der Waals surface area contributed by atoms with Crippen LogP contribution in [0.4, 0.5) is 11.4 Å². The summed E-state index contributed by atoms with van der Waals surface area (Å²) >= 11 is 0. The van der Waals surface area contributed by atoms with E-state index in [1.165, 1.54) is 167 Å². The van der Waals surface area contributed by atoms with Crippen LogP contribution < -0.4 is 0 Å². The summed E-state index contributed by atoms with van der Waals surface area (Å²) in [5, 5.41) is 0. The molecular formula is C47H76N2Ni. The maximum Gasteiger partial charge on any atom is 0.0848 e. The zero-order chi connectivity index (χ0) is 34.7. The zero-order valence-electron chi connectivity index (χ0n) is 32.6. The van der Waals surface area contributed by atoms with E-state index in [-0.39, 0.29) is 16.5 Å². The molecule has 50 heavy (non-hydrogen) atoms. The minimum atomic E-state index is 0. The third kappa shape index (κ3) is 26.8. The molecule has 3 heteroatoms. The first kappa shape index (κ1) is 46.0. The molecule has 0 atom stereocenters. The van der Waals surface area contributed by atoms with Gasteiger partial charge in [-0.05, 0) is 56.0 Å². The molecule has 0 aromatic heterocycles. The second-order valence-electron chi connectivity index (χ2n) is 14.5. The molecule has 0 bridgehead atoms. The minimum absolute atomic E-state index is 0. The second kappa shape index (κ2) is 35.4. The van der Waals surface area contributed by atoms with Gasteiger partial charge in [-0.25, -0.2) is 4.99 Å². The molecule has 0 saturated heterocycles. The molecule has 2 aromatic rings. The Morgan fingerprint density at radius 2 is 0.760 bits per heavy atom. The molecule has 0 N–H and O–H groups in total. The fraction of sp³-hybridized carbons (Fsp3) is 0.660. The Morgan fingerprint density at radius 3 is 1.16 bits per heavy atom. The van der Waals surface area contributed by atoms with E-state index in [4.69, 9.17) is 9.98 Å². The average Bonchev–Trinajstić information content (AvgIpc) is 3.13. The van der Waals surface area contributed by atoms with Crippen molar-refractivity contribution in [1.82, 2.24) is 0 Å². The summed E-state index contributed by atoms with van der Waals surface area (Å²) in [6, 6.07) is 20.7. The standard InChI is InChI=1S/C47H76N2.Ni/c1-3-5-7-8-9-10-11-12-13-14-15-16-17-18-19-20-21-22-23-24-25-26-27-28-29-37-43-47(49-45-40-35-31-36-41-45)46(42-32-6-4-2)48-44-38-33-30-34-39-44;/h30-31,33-41,43H,3-29,32,42H2,1-2H3;. The maximum absolute atomic E-state index is 5.08. The summed E-state index contributed by atoms with van der Waals surface area (Å²) < 4.78 is 0. The summed E-state index contributed by atoms with van der Waals surface area (Å²) in [5.41, 5.74) is 4.11. The molecule has 0 unspecified atom stereocenters. The molecule has 2 nitrogen and oxygen atoms in total. The van der Waals surface area contributed by atoms with Crippen LogP contribution >= 0.6 is 0 Å². The van der Waals surface area contributed by atoms with E-state index in [0.717, 1.165) is 42.1 Å². The zero-order valence-corrected chi connectivity index (χ0v) is 33.6. The third-order valence-corrected chi connectivity index (χ3v) is 9.84. The van der Waals surface area contributed by atoms with Gasteiger partial charge in [0.2, 0.25) is 0 Å². The van der Waals surface area contributed by atoms with Crippen LogP contribution in [0.1, 0.15) is 200 Å². The molecule has 0 fully saturated rings. The Morgan fingerprint density at radius 1 is 0.420 bits per heavy atom. The van der Waals surface area contributed by atoms with Crippen molar-refractivity contribution in [3.63, 3.8) is 0 Å². The van der Waals surface area contributed by atoms with Gasteiger partial charge in [-0.15, -0.1) is 0 Å². The van der Waals surface area contributed by atoms with Crippen LogP contribution in [0.15, 0.2) is 82.8 Å². The van der Waals surface area contributed by atoms with Gasteiger partial charge in [0.05, 0.1) is 22.8 Å². The van der Waals surface area contributed by atoms with Crippen molar-refractivity contribution in [2.75, 3.05) is 0 Å². The van der Waals surface area contributed by atoms with Gasteiger partial charge in [-0.3, -0.25) is 4.99 Å². The third-order valence-electron chi connectivity index (χ3n) is 9.84. The summed E-state index contributed by atoms with van der Waals surface area (Å²) in [5.74, 6) is 0. The number of para-hydroxylation sites is 2. The van der Waals surface area contributed by atoms with E-state index in [1.807, 2.05) is 0 Å². The van der Waals surface area contributed by atoms with E-state index >= 15 is 0 Å². The Hall–Kier alpha value is -1.99. The van der Waals surface area contributed by atoms with Gasteiger partial charge in [0.15, 0.2) is 0 Å². The minimum Gasteiger partial charge on any atom is -0.251 e. The van der Waals surface area contributed by atoms with Crippen LogP contribution in [0.2, 0.25) is 0 Å². The van der Waals surface area contributed by atoms with Crippen molar-refractivity contribution in [1.29, 1.82) is 0 Å². The van der Waals surface area contributed by atoms with Crippen molar-refractivity contribution in [2.24, 2.45) is 9.98 Å². The molecule has 0 radical (unpaired) electrons. The first-order valence-corrected chi connectivity index (χ1v) is 21.3. The number of unbranched alkanes of at least 4 members (excludes halogenated alkanes) is 26. The van der Waals surface area contributed by atoms with E-state index < -0.39 is 0 Å². The molecular weight excluding hydrogens is 651 g/mol. The van der Waals surface area contributed by atoms with Crippen molar-refractivity contribution < 1.29 is 16.5 Å². The fourth-order valence-corrected chi connectivity index (χ4v) is 6.70. The Bertz CT molecular complexity index is 1070. The normalized spacial score (nSPS) is 12.1. The van der Waals surface area contributed by atoms with Crippen molar-refractivity contribution in [3.8, 4) is 0 Å². The van der Waals surface area contributed by atoms with Crippen molar-refractivity contribution in [2.45, 2.75) is 200 Å². The molecule has 0 heterocycles. The van der Waals surface area contributed by atoms with Gasteiger partial charge in [0, 0.05) is 16.5 Å². The first-order chi connectivity index (χ1) is 24.3. The molecule has 0 saturated carbocycles. The molecule has 0 aliphatic heterocycles. The number of allylic oxidation sites excluding steroid dienone is 2. The predicted octanol–water partition coefficient (Wildman–Crippen LogP) is 16.4. The Kier molecular flexibility index (Phi) is 32.6. The van der Waals surface area contributed by atoms with Crippen molar-refractivity contribution >= 4 is 22.8 Å². The number of aliphatic imine (C=N–C) groups is 2. The van der Waals surface area contributed by atoms with Crippen LogP contribution in [-0.2, 0) is 16.5 Å². The van der Waals surface area contributed by atoms with E-state index in [9.17, 15) is 0 Å². The van der Waals surface area contributed by atoms with Crippen LogP contribution in [0, 0.1) is 0 Å². The van der Waals surface area contributed by atoms with E-state index in [2.05, 4.69) is 86.7 Å². The van der Waals surface area contributed by atoms with Gasteiger partial charge in [-0.1, -0.05) is 217 Å². The smallest absolute Gasteiger partial charge is 0.0848 e. The summed E-state index contributed by atoms with van der Waals surface area (Å²) in [6.07, 6.45) is 44.7. The summed E-state index contributed by atoms with van der Waals surface area (Å²) in [4.78, 5) is 10.1. The second-order valence-corrected chi connectivity index (χ2v) is 14.5. The van der Waals surface area contributed by atoms with Gasteiger partial charge in [0.25, 0.3) is 0 Å². The SMILES string of the molecule is CCCCCCCCCCCCCCCCCCCCCCCCCCC=CC(=Nc1ccccc1)C(CCCCC)=Nc1ccccc1.[Ni]. The van der Waals surface area contributed by atoms with E-state index in [1.54, 1.807) is 0 Å². The number of hydrogen-bond acceptors (Lipinski definition) is 2. The fourth-order valence-electron chi connectivity index (χ4n) is 6.70. The Balaban J connectivity index is 0.0000125. The molecule has 0 amide bonds. The molecule has 2 aromatic carbocycles. The number of benzene rings is 2. The van der Waals surface area contributed by atoms with Crippen LogP contribution in [0.3, 0.4) is 0 Å². The van der Waals surface area contributed by atoms with E-state index in [0.29, 0.717) is 0 Å². The largest absolute Gasteiger partial charge is 0.251 e. The quantitative estimate of drug-likeness (QED) is 0.0397. The number of nitrogens with zero attached hydrogens (tertiary/aromatic N) is 2. The summed E-state index contributed by atoms with van der Waals surface area (Å²) in [7, 11) is 0. The predicted molar refractivity (Wildman–Crippen MR) is 221 cm³/mol. The monoisotopic (exact) mass is 727 g/mol. The van der Waals surface area contributed by atoms with Gasteiger partial charge in [0.1, 0.15) is 0 Å². The number of rotatable bonds is 33. The average molecular weight is 728 g/mol. The summed E-state index contributed by atoms with van der Waals surface area (Å²) in [6.45, 7) is 4.56. The van der Waals surface area contributed by atoms with Crippen molar-refractivity contribution in [3.05, 3.63) is 72.8 Å². The molecule has 0 spiro atoms. The number of hydrogen-bond donors (Lipinski definition) is 0. The van der Waals surface area contributed by atoms with Gasteiger partial charge >= 0.3 is 0 Å². The van der Waals surface area contributed by atoms with Gasteiger partial charge < -0.3 is 0 Å². The molecule has 0 aliphatic rings. The topological polar surface area (TPSA) is 24.7 Å². The van der Waals surface area contributed by atoms with Crippen LogP contribution in [0.5, 0.6) is 0 Å². The van der Waals surface area contributed by atoms with Crippen LogP contribution in [0.25, 0.3) is 0 Å². The Labute approximate surface area is 320 Å².